The molecule has 0 saturated carbocycles. The number of carbonyl (C=O) groups excluding carboxylic acids is 2. The topological polar surface area (TPSA) is 127 Å². The van der Waals surface area contributed by atoms with Crippen LogP contribution in [-0.4, -0.2) is 37.3 Å². The molecule has 0 aliphatic carbocycles. The highest BCUT2D eigenvalue weighted by Crippen LogP contribution is 2.33. The number of hydrogen-bond donors (Lipinski definition) is 2. The molecular formula is C27H26N6O3. The number of rotatable bonds is 5. The van der Waals surface area contributed by atoms with Crippen LogP contribution in [0.5, 0.6) is 0 Å². The third-order valence-electron chi connectivity index (χ3n) is 6.20. The van der Waals surface area contributed by atoms with Crippen molar-refractivity contribution in [2.24, 2.45) is 0 Å². The highest BCUT2D eigenvalue weighted by atomic mass is 16.5. The van der Waals surface area contributed by atoms with Crippen LogP contribution in [0.2, 0.25) is 0 Å². The van der Waals surface area contributed by atoms with Gasteiger partial charge >= 0.3 is 11.8 Å². The van der Waals surface area contributed by atoms with Gasteiger partial charge in [0.1, 0.15) is 18.3 Å². The number of fused-ring (bicyclic) bond motifs is 3. The highest BCUT2D eigenvalue weighted by molar-refractivity contribution is 6.12. The third-order valence-corrected chi connectivity index (χ3v) is 6.20. The molecule has 0 bridgehead atoms. The molecule has 5 rings (SSSR count). The summed E-state index contributed by atoms with van der Waals surface area (Å²) in [6.07, 6.45) is 2.34. The molecule has 0 saturated heterocycles. The molecule has 3 aromatic heterocycles. The molecule has 5 aromatic rings. The van der Waals surface area contributed by atoms with Crippen molar-refractivity contribution in [1.29, 1.82) is 0 Å². The zero-order chi connectivity index (χ0) is 25.6. The van der Waals surface area contributed by atoms with Gasteiger partial charge in [-0.3, -0.25) is 9.59 Å². The van der Waals surface area contributed by atoms with Crippen LogP contribution in [0.4, 0.5) is 0 Å². The summed E-state index contributed by atoms with van der Waals surface area (Å²) in [5.74, 6) is 0.0122. The maximum absolute atomic E-state index is 12.7. The molecule has 182 valence electrons. The van der Waals surface area contributed by atoms with Gasteiger partial charge in [0, 0.05) is 27.4 Å². The lowest BCUT2D eigenvalue weighted by Gasteiger charge is -2.16. The van der Waals surface area contributed by atoms with Gasteiger partial charge in [-0.1, -0.05) is 50.2 Å². The number of hydrogen-bond acceptors (Lipinski definition) is 7. The Morgan fingerprint density at radius 1 is 1.14 bits per heavy atom. The van der Waals surface area contributed by atoms with Gasteiger partial charge in [0.05, 0.1) is 17.1 Å². The third kappa shape index (κ3) is 4.13. The second kappa shape index (κ2) is 8.67. The molecule has 0 spiro atoms. The van der Waals surface area contributed by atoms with Gasteiger partial charge in [0.25, 0.3) is 0 Å². The molecule has 2 N–H and O–H groups in total. The molecule has 0 unspecified atom stereocenters. The van der Waals surface area contributed by atoms with Crippen molar-refractivity contribution in [2.75, 3.05) is 0 Å². The number of aryl methyl sites for hydroxylation is 1. The summed E-state index contributed by atoms with van der Waals surface area (Å²) in [6.45, 7) is 9.77. The number of amides is 1. The number of aldehydes is 1. The first-order chi connectivity index (χ1) is 17.2. The summed E-state index contributed by atoms with van der Waals surface area (Å²) >= 11 is 0. The molecule has 9 nitrogen and oxygen atoms in total. The average Bonchev–Trinajstić information content (AvgIpc) is 3.48. The summed E-state index contributed by atoms with van der Waals surface area (Å²) in [6, 6.07) is 11.2. The number of aromatic nitrogens is 5. The number of nitrogens with zero attached hydrogens (tertiary/aromatic N) is 4. The van der Waals surface area contributed by atoms with E-state index in [1.54, 1.807) is 12.1 Å². The largest absolute Gasteiger partial charge is 0.341 e. The van der Waals surface area contributed by atoms with Gasteiger partial charge in [-0.2, -0.15) is 4.98 Å². The molecule has 2 aromatic carbocycles. The number of carbonyl (C=O) groups is 2. The second-order valence-corrected chi connectivity index (χ2v) is 9.93. The second-order valence-electron chi connectivity index (χ2n) is 9.93. The van der Waals surface area contributed by atoms with Crippen LogP contribution in [0.3, 0.4) is 0 Å². The van der Waals surface area contributed by atoms with Gasteiger partial charge in [0.15, 0.2) is 5.82 Å². The normalized spacial score (nSPS) is 12.7. The predicted octanol–water partition coefficient (Wildman–Crippen LogP) is 5.07. The molecule has 1 amide bonds. The number of H-pyrrole nitrogens is 1. The van der Waals surface area contributed by atoms with E-state index < -0.39 is 5.91 Å². The van der Waals surface area contributed by atoms with E-state index in [2.05, 4.69) is 30.4 Å². The quantitative estimate of drug-likeness (QED) is 0.335. The van der Waals surface area contributed by atoms with Gasteiger partial charge in [-0.15, -0.1) is 0 Å². The van der Waals surface area contributed by atoms with Crippen molar-refractivity contribution in [3.63, 3.8) is 0 Å². The van der Waals surface area contributed by atoms with Crippen molar-refractivity contribution in [3.05, 3.63) is 71.1 Å². The Hall–Kier alpha value is -4.40. The van der Waals surface area contributed by atoms with Crippen LogP contribution in [0.1, 0.15) is 71.7 Å². The zero-order valence-electron chi connectivity index (χ0n) is 20.7. The lowest BCUT2D eigenvalue weighted by molar-refractivity contribution is 0.0895. The molecule has 0 radical (unpaired) electrons. The minimum atomic E-state index is -0.417. The molecule has 0 aliphatic heterocycles. The Morgan fingerprint density at radius 3 is 2.64 bits per heavy atom. The minimum absolute atomic E-state index is 0.0542. The number of aromatic amines is 1. The molecule has 36 heavy (non-hydrogen) atoms. The van der Waals surface area contributed by atoms with E-state index in [0.717, 1.165) is 45.0 Å². The van der Waals surface area contributed by atoms with Crippen molar-refractivity contribution >= 4 is 34.1 Å². The van der Waals surface area contributed by atoms with E-state index in [9.17, 15) is 9.59 Å². The van der Waals surface area contributed by atoms with E-state index in [0.29, 0.717) is 17.0 Å². The lowest BCUT2D eigenvalue weighted by Crippen LogP contribution is -2.27. The smallest absolute Gasteiger partial charge is 0.315 e. The van der Waals surface area contributed by atoms with Gasteiger partial charge in [0.2, 0.25) is 0 Å². The molecule has 9 heteroatoms. The molecule has 1 atom stereocenters. The fourth-order valence-electron chi connectivity index (χ4n) is 4.30. The Labute approximate surface area is 207 Å². The number of nitrogens with one attached hydrogen (secondary N) is 2. The monoisotopic (exact) mass is 482 g/mol. The SMILES string of the molecule is Cc1cc(-c2ncnc3[nH]c4cc(C=O)ccc4c23)ccc1[C@@H](C)NC(=O)c1nc(C(C)(C)C)no1. The van der Waals surface area contributed by atoms with Crippen molar-refractivity contribution in [1.82, 2.24) is 30.4 Å². The molecule has 0 fully saturated rings. The van der Waals surface area contributed by atoms with Crippen LogP contribution in [0.15, 0.2) is 47.2 Å². The fourth-order valence-corrected chi connectivity index (χ4v) is 4.30. The Morgan fingerprint density at radius 2 is 1.94 bits per heavy atom. The predicted molar refractivity (Wildman–Crippen MR) is 136 cm³/mol. The van der Waals surface area contributed by atoms with Gasteiger partial charge in [-0.25, -0.2) is 9.97 Å². The Kier molecular flexibility index (Phi) is 5.62. The summed E-state index contributed by atoms with van der Waals surface area (Å²) < 4.78 is 5.17. The van der Waals surface area contributed by atoms with Gasteiger partial charge in [-0.05, 0) is 37.1 Å². The maximum Gasteiger partial charge on any atom is 0.315 e. The number of benzene rings is 2. The highest BCUT2D eigenvalue weighted by Gasteiger charge is 2.25. The Balaban J connectivity index is 1.44. The molecule has 0 aliphatic rings. The summed E-state index contributed by atoms with van der Waals surface area (Å²) in [5, 5.41) is 8.71. The van der Waals surface area contributed by atoms with Crippen molar-refractivity contribution in [3.8, 4) is 11.3 Å². The molecule has 3 heterocycles. The fraction of sp³-hybridized carbons (Fsp3) is 0.259. The van der Waals surface area contributed by atoms with Crippen LogP contribution in [0, 0.1) is 6.92 Å². The zero-order valence-corrected chi connectivity index (χ0v) is 20.7. The average molecular weight is 483 g/mol. The first-order valence-electron chi connectivity index (χ1n) is 11.6. The first kappa shape index (κ1) is 23.3. The Bertz CT molecular complexity index is 1630. The summed E-state index contributed by atoms with van der Waals surface area (Å²) in [5.41, 5.74) is 5.49. The van der Waals surface area contributed by atoms with E-state index in [-0.39, 0.29) is 17.3 Å². The van der Waals surface area contributed by atoms with Crippen LogP contribution in [-0.2, 0) is 5.41 Å². The summed E-state index contributed by atoms with van der Waals surface area (Å²) in [4.78, 5) is 40.4. The maximum atomic E-state index is 12.7. The van der Waals surface area contributed by atoms with E-state index in [1.165, 1.54) is 6.33 Å². The lowest BCUT2D eigenvalue weighted by atomic mass is 9.96. The van der Waals surface area contributed by atoms with Crippen molar-refractivity contribution in [2.45, 2.75) is 46.1 Å². The van der Waals surface area contributed by atoms with E-state index in [4.69, 9.17) is 4.52 Å². The standard InChI is InChI=1S/C27H26N6O3/c1-14-10-17(22-21-19-8-6-16(12-34)11-20(19)31-23(21)29-13-28-22)7-9-18(14)15(2)30-24(35)25-32-26(33-36-25)27(3,4)5/h6-13,15H,1-5H3,(H,30,35)(H,28,29,31)/t15-/m1/s1. The summed E-state index contributed by atoms with van der Waals surface area (Å²) in [7, 11) is 0. The van der Waals surface area contributed by atoms with E-state index in [1.807, 2.05) is 58.9 Å². The van der Waals surface area contributed by atoms with E-state index >= 15 is 0 Å². The van der Waals surface area contributed by atoms with Crippen LogP contribution < -0.4 is 5.32 Å². The van der Waals surface area contributed by atoms with Crippen LogP contribution >= 0.6 is 0 Å². The first-order valence-corrected chi connectivity index (χ1v) is 11.6. The van der Waals surface area contributed by atoms with Crippen LogP contribution in [0.25, 0.3) is 33.2 Å². The molecular weight excluding hydrogens is 456 g/mol. The minimum Gasteiger partial charge on any atom is -0.341 e. The van der Waals surface area contributed by atoms with Crippen molar-refractivity contribution < 1.29 is 14.1 Å². The van der Waals surface area contributed by atoms with Gasteiger partial charge < -0.3 is 14.8 Å².